The van der Waals surface area contributed by atoms with E-state index in [1.54, 1.807) is 17.0 Å². The first-order valence-electron chi connectivity index (χ1n) is 7.87. The zero-order chi connectivity index (χ0) is 18.1. The highest BCUT2D eigenvalue weighted by molar-refractivity contribution is 5.70. The standard InChI is InChI=1S/C16H24N4O4/c1-11-10-18(15(21)24-16(2,3)4)7-8-19(11)12-5-6-14(20(22)23)13(17)9-12/h5-6,9,11H,7-8,10,17H2,1-4H3/t11-/m0/s1. The van der Waals surface area contributed by atoms with Gasteiger partial charge in [-0.25, -0.2) is 4.79 Å². The van der Waals surface area contributed by atoms with E-state index in [1.165, 1.54) is 6.07 Å². The van der Waals surface area contributed by atoms with Gasteiger partial charge in [0.25, 0.3) is 5.69 Å². The van der Waals surface area contributed by atoms with Crippen LogP contribution in [0.1, 0.15) is 27.7 Å². The van der Waals surface area contributed by atoms with Gasteiger partial charge in [-0.2, -0.15) is 0 Å². The van der Waals surface area contributed by atoms with E-state index >= 15 is 0 Å². The third-order valence-corrected chi connectivity index (χ3v) is 3.82. The van der Waals surface area contributed by atoms with Gasteiger partial charge in [0.1, 0.15) is 11.3 Å². The number of amides is 1. The molecule has 1 aliphatic rings. The van der Waals surface area contributed by atoms with Crippen molar-refractivity contribution in [3.05, 3.63) is 28.3 Å². The van der Waals surface area contributed by atoms with Gasteiger partial charge in [0, 0.05) is 37.4 Å². The molecule has 1 saturated heterocycles. The molecule has 0 saturated carbocycles. The molecule has 8 nitrogen and oxygen atoms in total. The maximum Gasteiger partial charge on any atom is 0.410 e. The van der Waals surface area contributed by atoms with Gasteiger partial charge in [0.2, 0.25) is 0 Å². The number of nitro groups is 1. The van der Waals surface area contributed by atoms with E-state index < -0.39 is 10.5 Å². The van der Waals surface area contributed by atoms with E-state index in [9.17, 15) is 14.9 Å². The Balaban J connectivity index is 2.07. The zero-order valence-corrected chi connectivity index (χ0v) is 14.5. The lowest BCUT2D eigenvalue weighted by Crippen LogP contribution is -2.54. The average molecular weight is 336 g/mol. The lowest BCUT2D eigenvalue weighted by atomic mass is 10.1. The van der Waals surface area contributed by atoms with Gasteiger partial charge in [-0.3, -0.25) is 10.1 Å². The van der Waals surface area contributed by atoms with Crippen LogP contribution in [0.5, 0.6) is 0 Å². The number of nitrogens with two attached hydrogens (primary N) is 1. The van der Waals surface area contributed by atoms with Crippen LogP contribution in [0, 0.1) is 10.1 Å². The normalized spacial score (nSPS) is 18.4. The minimum Gasteiger partial charge on any atom is -0.444 e. The quantitative estimate of drug-likeness (QED) is 0.506. The van der Waals surface area contributed by atoms with Gasteiger partial charge in [-0.05, 0) is 39.8 Å². The van der Waals surface area contributed by atoms with E-state index in [4.69, 9.17) is 10.5 Å². The molecular weight excluding hydrogens is 312 g/mol. The Morgan fingerprint density at radius 3 is 2.54 bits per heavy atom. The second-order valence-electron chi connectivity index (χ2n) is 6.97. The molecule has 0 bridgehead atoms. The fraction of sp³-hybridized carbons (Fsp3) is 0.562. The molecule has 0 spiro atoms. The number of anilines is 2. The number of nitro benzene ring substituents is 1. The van der Waals surface area contributed by atoms with Crippen molar-refractivity contribution in [2.75, 3.05) is 30.3 Å². The van der Waals surface area contributed by atoms with Gasteiger partial charge in [0.05, 0.1) is 4.92 Å². The monoisotopic (exact) mass is 336 g/mol. The molecule has 2 rings (SSSR count). The van der Waals surface area contributed by atoms with Crippen LogP contribution in [0.3, 0.4) is 0 Å². The van der Waals surface area contributed by atoms with Crippen molar-refractivity contribution in [1.29, 1.82) is 0 Å². The number of carbonyl (C=O) groups excluding carboxylic acids is 1. The molecule has 0 aromatic heterocycles. The van der Waals surface area contributed by atoms with Gasteiger partial charge in [0.15, 0.2) is 0 Å². The molecule has 24 heavy (non-hydrogen) atoms. The Kier molecular flexibility index (Phi) is 4.86. The molecule has 132 valence electrons. The lowest BCUT2D eigenvalue weighted by Gasteiger charge is -2.41. The molecule has 1 aromatic rings. The fourth-order valence-electron chi connectivity index (χ4n) is 2.72. The van der Waals surface area contributed by atoms with E-state index in [0.717, 1.165) is 5.69 Å². The van der Waals surface area contributed by atoms with Gasteiger partial charge in [-0.1, -0.05) is 0 Å². The van der Waals surface area contributed by atoms with Crippen molar-refractivity contribution in [2.45, 2.75) is 39.3 Å². The molecule has 1 aliphatic heterocycles. The molecule has 1 fully saturated rings. The van der Waals surface area contributed by atoms with Crippen LogP contribution in [0.15, 0.2) is 18.2 Å². The summed E-state index contributed by atoms with van der Waals surface area (Å²) < 4.78 is 5.40. The fourth-order valence-corrected chi connectivity index (χ4v) is 2.72. The Hall–Kier alpha value is -2.51. The second-order valence-corrected chi connectivity index (χ2v) is 6.97. The summed E-state index contributed by atoms with van der Waals surface area (Å²) in [5, 5.41) is 10.9. The molecule has 1 atom stereocenters. The molecule has 0 unspecified atom stereocenters. The second kappa shape index (κ2) is 6.54. The van der Waals surface area contributed by atoms with E-state index in [2.05, 4.69) is 4.90 Å². The highest BCUT2D eigenvalue weighted by Crippen LogP contribution is 2.29. The maximum atomic E-state index is 12.2. The number of rotatable bonds is 2. The number of piperazine rings is 1. The number of hydrogen-bond acceptors (Lipinski definition) is 6. The summed E-state index contributed by atoms with van der Waals surface area (Å²) in [6.45, 7) is 9.16. The van der Waals surface area contributed by atoms with Gasteiger partial charge < -0.3 is 20.3 Å². The number of hydrogen-bond donors (Lipinski definition) is 1. The van der Waals surface area contributed by atoms with E-state index in [1.807, 2.05) is 27.7 Å². The molecule has 1 aromatic carbocycles. The Morgan fingerprint density at radius 1 is 1.38 bits per heavy atom. The number of ether oxygens (including phenoxy) is 1. The number of nitrogen functional groups attached to an aromatic ring is 1. The Morgan fingerprint density at radius 2 is 2.04 bits per heavy atom. The van der Waals surface area contributed by atoms with Crippen molar-refractivity contribution in [3.63, 3.8) is 0 Å². The summed E-state index contributed by atoms with van der Waals surface area (Å²) in [7, 11) is 0. The molecule has 1 amide bonds. The minimum atomic E-state index is -0.524. The first-order valence-corrected chi connectivity index (χ1v) is 7.87. The van der Waals surface area contributed by atoms with Crippen LogP contribution in [-0.4, -0.2) is 47.2 Å². The highest BCUT2D eigenvalue weighted by atomic mass is 16.6. The first-order chi connectivity index (χ1) is 11.1. The summed E-state index contributed by atoms with van der Waals surface area (Å²) in [6, 6.07) is 4.76. The predicted octanol–water partition coefficient (Wildman–Crippen LogP) is 2.62. The molecule has 0 radical (unpaired) electrons. The van der Waals surface area contributed by atoms with E-state index in [0.29, 0.717) is 19.6 Å². The number of benzene rings is 1. The van der Waals surface area contributed by atoms with Crippen LogP contribution in [0.25, 0.3) is 0 Å². The SMILES string of the molecule is C[C@H]1CN(C(=O)OC(C)(C)C)CCN1c1ccc([N+](=O)[O-])c(N)c1. The van der Waals surface area contributed by atoms with Crippen molar-refractivity contribution < 1.29 is 14.5 Å². The van der Waals surface area contributed by atoms with E-state index in [-0.39, 0.29) is 23.5 Å². The van der Waals surface area contributed by atoms with Crippen molar-refractivity contribution in [2.24, 2.45) is 0 Å². The van der Waals surface area contributed by atoms with Crippen LogP contribution in [0.2, 0.25) is 0 Å². The molecule has 1 heterocycles. The summed E-state index contributed by atoms with van der Waals surface area (Å²) in [6.07, 6.45) is -0.322. The van der Waals surface area contributed by atoms with Crippen molar-refractivity contribution >= 4 is 23.2 Å². The lowest BCUT2D eigenvalue weighted by molar-refractivity contribution is -0.383. The number of carbonyl (C=O) groups is 1. The topological polar surface area (TPSA) is 102 Å². The van der Waals surface area contributed by atoms with Crippen molar-refractivity contribution in [3.8, 4) is 0 Å². The third kappa shape index (κ3) is 4.06. The van der Waals surface area contributed by atoms with Crippen LogP contribution < -0.4 is 10.6 Å². The Labute approximate surface area is 141 Å². The van der Waals surface area contributed by atoms with Crippen LogP contribution >= 0.6 is 0 Å². The highest BCUT2D eigenvalue weighted by Gasteiger charge is 2.30. The molecule has 8 heteroatoms. The smallest absolute Gasteiger partial charge is 0.410 e. The summed E-state index contributed by atoms with van der Waals surface area (Å²) in [5.41, 5.74) is 6.10. The third-order valence-electron chi connectivity index (χ3n) is 3.82. The summed E-state index contributed by atoms with van der Waals surface area (Å²) >= 11 is 0. The summed E-state index contributed by atoms with van der Waals surface area (Å²) in [5.74, 6) is 0. The van der Waals surface area contributed by atoms with Crippen LogP contribution in [-0.2, 0) is 4.74 Å². The maximum absolute atomic E-state index is 12.2. The average Bonchev–Trinajstić information content (AvgIpc) is 2.44. The van der Waals surface area contributed by atoms with Gasteiger partial charge >= 0.3 is 6.09 Å². The predicted molar refractivity (Wildman–Crippen MR) is 92.1 cm³/mol. The Bertz CT molecular complexity index is 641. The van der Waals surface area contributed by atoms with Crippen LogP contribution in [0.4, 0.5) is 21.9 Å². The first kappa shape index (κ1) is 17.8. The summed E-state index contributed by atoms with van der Waals surface area (Å²) in [4.78, 5) is 26.3. The molecule has 0 aliphatic carbocycles. The number of nitrogens with zero attached hydrogens (tertiary/aromatic N) is 3. The van der Waals surface area contributed by atoms with Crippen molar-refractivity contribution in [1.82, 2.24) is 4.90 Å². The van der Waals surface area contributed by atoms with Gasteiger partial charge in [-0.15, -0.1) is 0 Å². The zero-order valence-electron chi connectivity index (χ0n) is 14.5. The molecular formula is C16H24N4O4. The minimum absolute atomic E-state index is 0.0483. The largest absolute Gasteiger partial charge is 0.444 e. The molecule has 2 N–H and O–H groups in total.